The fourth-order valence-corrected chi connectivity index (χ4v) is 4.29. The monoisotopic (exact) mass is 509 g/mol. The second-order valence-electron chi connectivity index (χ2n) is 9.95. The largest absolute Gasteiger partial charge is 0.458 e. The lowest BCUT2D eigenvalue weighted by atomic mass is 10.0. The summed E-state index contributed by atoms with van der Waals surface area (Å²) < 4.78 is 79.5. The summed E-state index contributed by atoms with van der Waals surface area (Å²) >= 11 is 0. The molecule has 8 nitrogen and oxygen atoms in total. The SMILES string of the molecule is CC(C)(C)OC(=O)C1CC[C@H](OS(=O)(=O)c2ccc(C(F)(F)F)cc2)CN1C(=O)OC(C)(C)C. The Morgan fingerprint density at radius 2 is 1.44 bits per heavy atom. The first-order chi connectivity index (χ1) is 15.3. The standard InChI is InChI=1S/C22H30F3NO7S/c1-20(2,3)31-18(27)17-12-9-15(13-26(17)19(28)32-21(4,5)6)33-34(29,30)16-10-7-14(8-11-16)22(23,24)25/h7-8,10-11,15,17H,9,12-13H2,1-6H3/t15-,17?/m0/s1. The van der Waals surface area contributed by atoms with Crippen LogP contribution in [0.15, 0.2) is 29.2 Å². The average Bonchev–Trinajstić information content (AvgIpc) is 2.64. The van der Waals surface area contributed by atoms with Crippen LogP contribution in [0.4, 0.5) is 18.0 Å². The van der Waals surface area contributed by atoms with Gasteiger partial charge in [0.2, 0.25) is 0 Å². The number of hydrogen-bond donors (Lipinski definition) is 0. The quantitative estimate of drug-likeness (QED) is 0.435. The molecular formula is C22H30F3NO7S. The lowest BCUT2D eigenvalue weighted by Crippen LogP contribution is -2.55. The zero-order chi connectivity index (χ0) is 26.1. The number of esters is 1. The fraction of sp³-hybridized carbons (Fsp3) is 0.636. The van der Waals surface area contributed by atoms with Gasteiger partial charge in [-0.1, -0.05) is 0 Å². The number of benzene rings is 1. The summed E-state index contributed by atoms with van der Waals surface area (Å²) in [6, 6.07) is 1.88. The Hall–Kier alpha value is -2.34. The smallest absolute Gasteiger partial charge is 0.416 e. The van der Waals surface area contributed by atoms with Crippen molar-refractivity contribution in [3.63, 3.8) is 0 Å². The molecule has 1 aromatic rings. The van der Waals surface area contributed by atoms with Gasteiger partial charge in [-0.15, -0.1) is 0 Å². The van der Waals surface area contributed by atoms with Gasteiger partial charge in [0.15, 0.2) is 0 Å². The highest BCUT2D eigenvalue weighted by atomic mass is 32.2. The number of nitrogens with zero attached hydrogens (tertiary/aromatic N) is 1. The number of likely N-dealkylation sites (tertiary alicyclic amines) is 1. The third kappa shape index (κ3) is 7.86. The predicted molar refractivity (Wildman–Crippen MR) is 115 cm³/mol. The van der Waals surface area contributed by atoms with Gasteiger partial charge in [-0.05, 0) is 78.6 Å². The molecule has 0 spiro atoms. The van der Waals surface area contributed by atoms with E-state index < -0.39 is 62.2 Å². The molecule has 1 aliphatic heterocycles. The van der Waals surface area contributed by atoms with E-state index in [1.165, 1.54) is 0 Å². The van der Waals surface area contributed by atoms with E-state index in [0.29, 0.717) is 12.1 Å². The lowest BCUT2D eigenvalue weighted by molar-refractivity contribution is -0.163. The molecule has 12 heteroatoms. The molecule has 0 bridgehead atoms. The first kappa shape index (κ1) is 27.9. The maximum atomic E-state index is 12.8. The molecule has 0 aliphatic carbocycles. The lowest BCUT2D eigenvalue weighted by Gasteiger charge is -2.39. The number of rotatable bonds is 4. The average molecular weight is 510 g/mol. The fourth-order valence-electron chi connectivity index (χ4n) is 3.20. The Morgan fingerprint density at radius 3 is 1.91 bits per heavy atom. The summed E-state index contributed by atoms with van der Waals surface area (Å²) in [5.74, 6) is -0.664. The van der Waals surface area contributed by atoms with Gasteiger partial charge in [-0.25, -0.2) is 9.59 Å². The molecule has 0 aromatic heterocycles. The van der Waals surface area contributed by atoms with Crippen LogP contribution in [0, 0.1) is 0 Å². The Morgan fingerprint density at radius 1 is 0.912 bits per heavy atom. The Balaban J connectivity index is 2.22. The normalized spacial score (nSPS) is 20.1. The molecular weight excluding hydrogens is 479 g/mol. The maximum absolute atomic E-state index is 12.8. The first-order valence-electron chi connectivity index (χ1n) is 10.6. The number of carbonyl (C=O) groups excluding carboxylic acids is 2. The van der Waals surface area contributed by atoms with E-state index in [1.807, 2.05) is 0 Å². The van der Waals surface area contributed by atoms with E-state index in [4.69, 9.17) is 13.7 Å². The van der Waals surface area contributed by atoms with Crippen LogP contribution in [-0.4, -0.2) is 55.3 Å². The van der Waals surface area contributed by atoms with E-state index in [1.54, 1.807) is 41.5 Å². The maximum Gasteiger partial charge on any atom is 0.416 e. The number of ether oxygens (including phenoxy) is 2. The molecule has 34 heavy (non-hydrogen) atoms. The molecule has 1 unspecified atom stereocenters. The zero-order valence-electron chi connectivity index (χ0n) is 19.9. The summed E-state index contributed by atoms with van der Waals surface area (Å²) in [7, 11) is -4.44. The highest BCUT2D eigenvalue weighted by molar-refractivity contribution is 7.86. The van der Waals surface area contributed by atoms with Crippen LogP contribution in [0.3, 0.4) is 0 Å². The molecule has 2 rings (SSSR count). The zero-order valence-corrected chi connectivity index (χ0v) is 20.7. The Labute approximate surface area is 197 Å². The van der Waals surface area contributed by atoms with Gasteiger partial charge in [0, 0.05) is 0 Å². The van der Waals surface area contributed by atoms with Crippen molar-refractivity contribution in [2.45, 2.75) is 88.8 Å². The van der Waals surface area contributed by atoms with Crippen molar-refractivity contribution in [3.8, 4) is 0 Å². The molecule has 2 atom stereocenters. The van der Waals surface area contributed by atoms with Gasteiger partial charge >= 0.3 is 18.2 Å². The second-order valence-corrected chi connectivity index (χ2v) is 11.5. The molecule has 1 saturated heterocycles. The van der Waals surface area contributed by atoms with Crippen LogP contribution in [0.2, 0.25) is 0 Å². The summed E-state index contributed by atoms with van der Waals surface area (Å²) in [5, 5.41) is 0. The van der Waals surface area contributed by atoms with E-state index >= 15 is 0 Å². The molecule has 1 aliphatic rings. The number of carbonyl (C=O) groups is 2. The third-order valence-electron chi connectivity index (χ3n) is 4.58. The first-order valence-corrected chi connectivity index (χ1v) is 12.0. The number of halogens is 3. The van der Waals surface area contributed by atoms with Crippen LogP contribution >= 0.6 is 0 Å². The van der Waals surface area contributed by atoms with Crippen molar-refractivity contribution < 1.29 is 44.8 Å². The van der Waals surface area contributed by atoms with E-state index in [0.717, 1.165) is 17.0 Å². The molecule has 1 fully saturated rings. The van der Waals surface area contributed by atoms with Crippen molar-refractivity contribution in [2.75, 3.05) is 6.54 Å². The molecule has 0 radical (unpaired) electrons. The van der Waals surface area contributed by atoms with Crippen molar-refractivity contribution in [1.29, 1.82) is 0 Å². The van der Waals surface area contributed by atoms with E-state index in [2.05, 4.69) is 0 Å². The van der Waals surface area contributed by atoms with Gasteiger partial charge in [-0.2, -0.15) is 21.6 Å². The molecule has 1 amide bonds. The van der Waals surface area contributed by atoms with Crippen LogP contribution in [-0.2, 0) is 34.7 Å². The van der Waals surface area contributed by atoms with Gasteiger partial charge in [0.05, 0.1) is 23.1 Å². The summed E-state index contributed by atoms with van der Waals surface area (Å²) in [6.45, 7) is 9.65. The van der Waals surface area contributed by atoms with E-state index in [-0.39, 0.29) is 19.4 Å². The van der Waals surface area contributed by atoms with Crippen LogP contribution in [0.25, 0.3) is 0 Å². The highest BCUT2D eigenvalue weighted by Gasteiger charge is 2.42. The molecule has 1 heterocycles. The van der Waals surface area contributed by atoms with Crippen LogP contribution in [0.5, 0.6) is 0 Å². The van der Waals surface area contributed by atoms with Crippen molar-refractivity contribution >= 4 is 22.2 Å². The molecule has 0 saturated carbocycles. The summed E-state index contributed by atoms with van der Waals surface area (Å²) in [5.41, 5.74) is -2.69. The Kier molecular flexibility index (Phi) is 7.98. The van der Waals surface area contributed by atoms with Crippen molar-refractivity contribution in [3.05, 3.63) is 29.8 Å². The topological polar surface area (TPSA) is 99.2 Å². The number of alkyl halides is 3. The van der Waals surface area contributed by atoms with Crippen LogP contribution < -0.4 is 0 Å². The van der Waals surface area contributed by atoms with E-state index in [9.17, 15) is 31.2 Å². The molecule has 1 aromatic carbocycles. The molecule has 0 N–H and O–H groups in total. The number of piperidine rings is 1. The number of hydrogen-bond acceptors (Lipinski definition) is 7. The minimum atomic E-state index is -4.61. The third-order valence-corrected chi connectivity index (χ3v) is 5.95. The molecule has 192 valence electrons. The van der Waals surface area contributed by atoms with Crippen molar-refractivity contribution in [1.82, 2.24) is 4.90 Å². The highest BCUT2D eigenvalue weighted by Crippen LogP contribution is 2.31. The predicted octanol–water partition coefficient (Wildman–Crippen LogP) is 4.52. The van der Waals surface area contributed by atoms with Crippen LogP contribution in [0.1, 0.15) is 59.9 Å². The van der Waals surface area contributed by atoms with Gasteiger partial charge in [0.25, 0.3) is 10.1 Å². The minimum Gasteiger partial charge on any atom is -0.458 e. The van der Waals surface area contributed by atoms with Gasteiger partial charge in [-0.3, -0.25) is 9.08 Å². The number of amides is 1. The summed E-state index contributed by atoms with van der Waals surface area (Å²) in [4.78, 5) is 26.1. The second kappa shape index (κ2) is 9.73. The van der Waals surface area contributed by atoms with Gasteiger partial charge < -0.3 is 9.47 Å². The van der Waals surface area contributed by atoms with Gasteiger partial charge in [0.1, 0.15) is 17.2 Å². The minimum absolute atomic E-state index is 0.0430. The van der Waals surface area contributed by atoms with Crippen molar-refractivity contribution in [2.24, 2.45) is 0 Å². The Bertz CT molecular complexity index is 993. The summed E-state index contributed by atoms with van der Waals surface area (Å²) in [6.07, 6.45) is -6.37.